The van der Waals surface area contributed by atoms with Crippen LogP contribution in [-0.4, -0.2) is 34.0 Å². The molecular weight excluding hydrogens is 340 g/mol. The molecule has 0 unspecified atom stereocenters. The molecule has 0 saturated carbocycles. The number of rotatable bonds is 4. The Morgan fingerprint density at radius 3 is 2.71 bits per heavy atom. The summed E-state index contributed by atoms with van der Waals surface area (Å²) in [4.78, 5) is 18.6. The van der Waals surface area contributed by atoms with Crippen molar-refractivity contribution in [2.75, 3.05) is 13.1 Å². The van der Waals surface area contributed by atoms with Crippen LogP contribution in [0, 0.1) is 0 Å². The lowest BCUT2D eigenvalue weighted by molar-refractivity contribution is -0.144. The van der Waals surface area contributed by atoms with Crippen LogP contribution < -0.4 is 0 Å². The summed E-state index contributed by atoms with van der Waals surface area (Å²) in [5.74, 6) is -0.317. The van der Waals surface area contributed by atoms with Crippen molar-refractivity contribution in [3.63, 3.8) is 0 Å². The monoisotopic (exact) mass is 358 g/mol. The van der Waals surface area contributed by atoms with E-state index in [2.05, 4.69) is 17.0 Å². The molecule has 24 heavy (non-hydrogen) atoms. The van der Waals surface area contributed by atoms with Crippen LogP contribution in [0.25, 0.3) is 10.2 Å². The Morgan fingerprint density at radius 2 is 2.04 bits per heavy atom. The van der Waals surface area contributed by atoms with E-state index in [1.165, 1.54) is 9.71 Å². The molecule has 1 aliphatic rings. The highest BCUT2D eigenvalue weighted by atomic mass is 32.1. The Bertz CT molecular complexity index is 803. The first kappa shape index (κ1) is 15.7. The highest BCUT2D eigenvalue weighted by Gasteiger charge is 2.32. The van der Waals surface area contributed by atoms with Crippen LogP contribution in [0.3, 0.4) is 0 Å². The molecule has 0 amide bonds. The van der Waals surface area contributed by atoms with Crippen LogP contribution >= 0.6 is 22.7 Å². The lowest BCUT2D eigenvalue weighted by atomic mass is 9.95. The summed E-state index contributed by atoms with van der Waals surface area (Å²) in [6.07, 6.45) is 1.93. The van der Waals surface area contributed by atoms with Crippen molar-refractivity contribution in [2.24, 2.45) is 0 Å². The van der Waals surface area contributed by atoms with Gasteiger partial charge in [-0.2, -0.15) is 11.3 Å². The van der Waals surface area contributed by atoms with Gasteiger partial charge in [-0.1, -0.05) is 12.1 Å². The molecule has 4 nitrogen and oxygen atoms in total. The number of aliphatic carboxylic acids is 1. The zero-order valence-electron chi connectivity index (χ0n) is 13.1. The lowest BCUT2D eigenvalue weighted by Crippen LogP contribution is -2.39. The second-order valence-corrected chi connectivity index (χ2v) is 7.97. The number of thiazole rings is 1. The molecule has 1 N–H and O–H groups in total. The summed E-state index contributed by atoms with van der Waals surface area (Å²) >= 11 is 3.32. The number of aromatic nitrogens is 1. The van der Waals surface area contributed by atoms with E-state index in [4.69, 9.17) is 4.98 Å². The first-order valence-corrected chi connectivity index (χ1v) is 9.83. The smallest absolute Gasteiger partial charge is 0.325 e. The standard InChI is InChI=1S/C18H18N2O2S2/c21-18(22)16(13-7-10-23-11-13)20-8-5-12(6-9-20)17-19-14-3-1-2-4-15(14)24-17/h1-4,7,10-12,16H,5-6,8-9H2,(H,21,22)/t16-/m1/s1. The van der Waals surface area contributed by atoms with Crippen molar-refractivity contribution in [3.8, 4) is 0 Å². The number of benzene rings is 1. The van der Waals surface area contributed by atoms with Crippen molar-refractivity contribution < 1.29 is 9.90 Å². The van der Waals surface area contributed by atoms with E-state index in [9.17, 15) is 9.90 Å². The van der Waals surface area contributed by atoms with Gasteiger partial charge in [0.15, 0.2) is 0 Å². The van der Waals surface area contributed by atoms with Crippen molar-refractivity contribution in [1.82, 2.24) is 9.88 Å². The molecule has 124 valence electrons. The van der Waals surface area contributed by atoms with Crippen molar-refractivity contribution in [3.05, 3.63) is 51.7 Å². The molecule has 3 aromatic rings. The predicted octanol–water partition coefficient (Wildman–Crippen LogP) is 4.36. The summed E-state index contributed by atoms with van der Waals surface area (Å²) in [7, 11) is 0. The van der Waals surface area contributed by atoms with Crippen LogP contribution in [0.2, 0.25) is 0 Å². The lowest BCUT2D eigenvalue weighted by Gasteiger charge is -2.34. The maximum Gasteiger partial charge on any atom is 0.325 e. The first-order chi connectivity index (χ1) is 11.7. The minimum Gasteiger partial charge on any atom is -0.480 e. The number of carboxylic acids is 1. The zero-order valence-corrected chi connectivity index (χ0v) is 14.7. The molecule has 0 spiro atoms. The maximum absolute atomic E-state index is 11.7. The van der Waals surface area contributed by atoms with Crippen LogP contribution in [0.15, 0.2) is 41.1 Å². The quantitative estimate of drug-likeness (QED) is 0.753. The first-order valence-electron chi connectivity index (χ1n) is 8.07. The van der Waals surface area contributed by atoms with Gasteiger partial charge in [-0.25, -0.2) is 4.98 Å². The third-order valence-electron chi connectivity index (χ3n) is 4.65. The van der Waals surface area contributed by atoms with E-state index >= 15 is 0 Å². The summed E-state index contributed by atoms with van der Waals surface area (Å²) < 4.78 is 1.23. The van der Waals surface area contributed by atoms with Gasteiger partial charge in [0.05, 0.1) is 15.2 Å². The minimum absolute atomic E-state index is 0.440. The fourth-order valence-electron chi connectivity index (χ4n) is 3.41. The Balaban J connectivity index is 1.49. The molecule has 1 fully saturated rings. The third-order valence-corrected chi connectivity index (χ3v) is 6.55. The molecule has 1 aromatic carbocycles. The summed E-state index contributed by atoms with van der Waals surface area (Å²) in [5, 5.41) is 14.7. The highest BCUT2D eigenvalue weighted by molar-refractivity contribution is 7.18. The molecule has 3 heterocycles. The Hall–Kier alpha value is -1.76. The predicted molar refractivity (Wildman–Crippen MR) is 97.9 cm³/mol. The number of para-hydroxylation sites is 1. The molecule has 0 bridgehead atoms. The van der Waals surface area contributed by atoms with Gasteiger partial charge in [0.25, 0.3) is 0 Å². The summed E-state index contributed by atoms with van der Waals surface area (Å²) in [6, 6.07) is 9.64. The van der Waals surface area contributed by atoms with E-state index in [0.717, 1.165) is 37.0 Å². The van der Waals surface area contributed by atoms with Gasteiger partial charge >= 0.3 is 5.97 Å². The number of piperidine rings is 1. The van der Waals surface area contributed by atoms with Crippen LogP contribution in [0.5, 0.6) is 0 Å². The molecule has 0 radical (unpaired) electrons. The van der Waals surface area contributed by atoms with Gasteiger partial charge < -0.3 is 5.11 Å². The van der Waals surface area contributed by atoms with Gasteiger partial charge in [-0.05, 0) is 60.5 Å². The fourth-order valence-corrected chi connectivity index (χ4v) is 5.22. The molecule has 2 aromatic heterocycles. The van der Waals surface area contributed by atoms with Crippen LogP contribution in [-0.2, 0) is 4.79 Å². The van der Waals surface area contributed by atoms with Gasteiger partial charge in [-0.3, -0.25) is 9.69 Å². The number of hydrogen-bond acceptors (Lipinski definition) is 5. The number of nitrogens with zero attached hydrogens (tertiary/aromatic N) is 2. The van der Waals surface area contributed by atoms with Crippen LogP contribution in [0.1, 0.15) is 35.4 Å². The molecule has 1 saturated heterocycles. The summed E-state index contributed by atoms with van der Waals surface area (Å²) in [5.41, 5.74) is 1.97. The molecule has 1 aliphatic heterocycles. The molecule has 4 rings (SSSR count). The number of fused-ring (bicyclic) bond motifs is 1. The number of carbonyl (C=O) groups is 1. The van der Waals surface area contributed by atoms with Gasteiger partial charge in [-0.15, -0.1) is 11.3 Å². The highest BCUT2D eigenvalue weighted by Crippen LogP contribution is 2.36. The molecular formula is C18H18N2O2S2. The second-order valence-electron chi connectivity index (χ2n) is 6.13. The fraction of sp³-hybridized carbons (Fsp3) is 0.333. The third kappa shape index (κ3) is 2.97. The van der Waals surface area contributed by atoms with E-state index < -0.39 is 12.0 Å². The van der Waals surface area contributed by atoms with Gasteiger partial charge in [0.1, 0.15) is 6.04 Å². The van der Waals surface area contributed by atoms with Crippen LogP contribution in [0.4, 0.5) is 0 Å². The number of thiophene rings is 1. The normalized spacial score (nSPS) is 18.0. The van der Waals surface area contributed by atoms with Gasteiger partial charge in [0, 0.05) is 5.92 Å². The van der Waals surface area contributed by atoms with Crippen molar-refractivity contribution >= 4 is 38.9 Å². The minimum atomic E-state index is -0.758. The maximum atomic E-state index is 11.7. The Morgan fingerprint density at radius 1 is 1.25 bits per heavy atom. The Labute approximate surface area is 148 Å². The Kier molecular flexibility index (Phi) is 4.35. The zero-order chi connectivity index (χ0) is 16.5. The van der Waals surface area contributed by atoms with E-state index in [1.807, 2.05) is 29.0 Å². The average molecular weight is 358 g/mol. The van der Waals surface area contributed by atoms with E-state index in [-0.39, 0.29) is 0 Å². The number of hydrogen-bond donors (Lipinski definition) is 1. The topological polar surface area (TPSA) is 53.4 Å². The second kappa shape index (κ2) is 6.63. The van der Waals surface area contributed by atoms with Crippen molar-refractivity contribution in [2.45, 2.75) is 24.8 Å². The molecule has 1 atom stereocenters. The SMILES string of the molecule is O=C(O)[C@@H](c1ccsc1)N1CCC(c2nc3ccccc3s2)CC1. The number of likely N-dealkylation sites (tertiary alicyclic amines) is 1. The largest absolute Gasteiger partial charge is 0.480 e. The van der Waals surface area contributed by atoms with E-state index in [1.54, 1.807) is 22.7 Å². The number of carboxylic acid groups (broad SMARTS) is 1. The summed E-state index contributed by atoms with van der Waals surface area (Å²) in [6.45, 7) is 1.60. The van der Waals surface area contributed by atoms with E-state index in [0.29, 0.717) is 5.92 Å². The molecule has 6 heteroatoms. The van der Waals surface area contributed by atoms with Crippen molar-refractivity contribution in [1.29, 1.82) is 0 Å². The van der Waals surface area contributed by atoms with Gasteiger partial charge in [0.2, 0.25) is 0 Å². The average Bonchev–Trinajstić information content (AvgIpc) is 3.24. The molecule has 0 aliphatic carbocycles.